The molecule has 3 aliphatic rings. The fraction of sp³-hybridized carbons (Fsp3) is 0.200. The Hall–Kier alpha value is -2.48. The molecule has 22 heavy (non-hydrogen) atoms. The minimum Gasteiger partial charge on any atom is -0.399 e. The number of benzene rings is 2. The Labute approximate surface area is 131 Å². The number of anilines is 2. The maximum atomic E-state index is 5.80. The molecule has 0 aromatic heterocycles. The third-order valence-electron chi connectivity index (χ3n) is 4.84. The number of hydrogen-bond acceptors (Lipinski definition) is 2. The second-order valence-electron chi connectivity index (χ2n) is 6.28. The lowest BCUT2D eigenvalue weighted by atomic mass is 9.69. The highest BCUT2D eigenvalue weighted by Crippen LogP contribution is 2.47. The van der Waals surface area contributed by atoms with Gasteiger partial charge in [-0.3, -0.25) is 0 Å². The number of nitrogen functional groups attached to an aromatic ring is 2. The number of allylic oxidation sites excluding steroid dienone is 4. The quantitative estimate of drug-likeness (QED) is 0.807. The van der Waals surface area contributed by atoms with Crippen molar-refractivity contribution in [2.75, 3.05) is 11.5 Å². The smallest absolute Gasteiger partial charge is 0.0314 e. The lowest BCUT2D eigenvalue weighted by Crippen LogP contribution is -2.20. The fourth-order valence-corrected chi connectivity index (χ4v) is 3.67. The molecular weight excluding hydrogens is 268 g/mol. The second-order valence-corrected chi connectivity index (χ2v) is 6.28. The van der Waals surface area contributed by atoms with E-state index in [1.165, 1.54) is 35.1 Å². The molecule has 2 nitrogen and oxygen atoms in total. The van der Waals surface area contributed by atoms with Gasteiger partial charge in [0.15, 0.2) is 0 Å². The molecule has 0 radical (unpaired) electrons. The van der Waals surface area contributed by atoms with E-state index in [1.807, 2.05) is 24.3 Å². The second kappa shape index (κ2) is 5.06. The van der Waals surface area contributed by atoms with Gasteiger partial charge in [-0.05, 0) is 59.4 Å². The van der Waals surface area contributed by atoms with Crippen LogP contribution in [0.2, 0.25) is 0 Å². The van der Waals surface area contributed by atoms with Crippen molar-refractivity contribution >= 4 is 22.5 Å². The minimum atomic E-state index is 0.515. The fourth-order valence-electron chi connectivity index (χ4n) is 3.67. The van der Waals surface area contributed by atoms with Crippen molar-refractivity contribution in [1.82, 2.24) is 0 Å². The summed E-state index contributed by atoms with van der Waals surface area (Å²) in [6.07, 6.45) is 7.37. The summed E-state index contributed by atoms with van der Waals surface area (Å²) in [7, 11) is 0. The van der Waals surface area contributed by atoms with Crippen LogP contribution < -0.4 is 11.5 Å². The van der Waals surface area contributed by atoms with Gasteiger partial charge in [0, 0.05) is 23.2 Å². The Balaban J connectivity index is 1.68. The molecule has 2 bridgehead atoms. The first-order valence-electron chi connectivity index (χ1n) is 7.86. The van der Waals surface area contributed by atoms with Crippen LogP contribution in [0.3, 0.4) is 0 Å². The van der Waals surface area contributed by atoms with Gasteiger partial charge in [-0.25, -0.2) is 0 Å². The molecule has 0 fully saturated rings. The SMILES string of the molecule is Nc1ccc(C2=CC3CCC2C=C3c2ccc(N)cc2)cc1. The summed E-state index contributed by atoms with van der Waals surface area (Å²) in [5.41, 5.74) is 18.8. The minimum absolute atomic E-state index is 0.515. The van der Waals surface area contributed by atoms with E-state index in [2.05, 4.69) is 36.4 Å². The first-order valence-corrected chi connectivity index (χ1v) is 7.86. The predicted molar refractivity (Wildman–Crippen MR) is 93.9 cm³/mol. The molecule has 2 aromatic carbocycles. The molecule has 5 rings (SSSR count). The molecule has 0 amide bonds. The van der Waals surface area contributed by atoms with Crippen LogP contribution in [0, 0.1) is 11.8 Å². The van der Waals surface area contributed by atoms with Gasteiger partial charge in [-0.1, -0.05) is 36.4 Å². The van der Waals surface area contributed by atoms with Gasteiger partial charge in [0.05, 0.1) is 0 Å². The van der Waals surface area contributed by atoms with Crippen LogP contribution >= 0.6 is 0 Å². The van der Waals surface area contributed by atoms with E-state index in [0.29, 0.717) is 11.8 Å². The van der Waals surface area contributed by atoms with Crippen LogP contribution in [0.25, 0.3) is 11.1 Å². The maximum absolute atomic E-state index is 5.80. The molecule has 4 N–H and O–H groups in total. The molecule has 0 saturated heterocycles. The van der Waals surface area contributed by atoms with Crippen LogP contribution in [0.15, 0.2) is 60.7 Å². The molecular formula is C20H20N2. The first-order chi connectivity index (χ1) is 10.7. The standard InChI is InChI=1S/C20H20N2/c21-17-7-3-13(4-8-17)19-12-16-2-1-15(19)11-20(16)14-5-9-18(22)10-6-14/h3-12,15-16H,1-2,21-22H2. The van der Waals surface area contributed by atoms with E-state index in [0.717, 1.165) is 11.4 Å². The molecule has 0 aliphatic heterocycles. The van der Waals surface area contributed by atoms with E-state index in [1.54, 1.807) is 0 Å². The Bertz CT molecular complexity index is 684. The summed E-state index contributed by atoms with van der Waals surface area (Å²) in [4.78, 5) is 0. The summed E-state index contributed by atoms with van der Waals surface area (Å²) < 4.78 is 0. The highest BCUT2D eigenvalue weighted by molar-refractivity contribution is 5.82. The van der Waals surface area contributed by atoms with Gasteiger partial charge in [-0.2, -0.15) is 0 Å². The normalized spacial score (nSPS) is 23.1. The third-order valence-corrected chi connectivity index (χ3v) is 4.84. The average Bonchev–Trinajstić information content (AvgIpc) is 2.56. The monoisotopic (exact) mass is 288 g/mol. The predicted octanol–water partition coefficient (Wildman–Crippen LogP) is 4.36. The lowest BCUT2D eigenvalue weighted by molar-refractivity contribution is 0.556. The average molecular weight is 288 g/mol. The molecule has 2 aromatic rings. The van der Waals surface area contributed by atoms with Crippen molar-refractivity contribution < 1.29 is 0 Å². The Kier molecular flexibility index (Phi) is 3.04. The van der Waals surface area contributed by atoms with Gasteiger partial charge in [0.2, 0.25) is 0 Å². The number of nitrogens with two attached hydrogens (primary N) is 2. The highest BCUT2D eigenvalue weighted by Gasteiger charge is 2.30. The molecule has 0 saturated carbocycles. The summed E-state index contributed by atoms with van der Waals surface area (Å²) in [6.45, 7) is 0. The van der Waals surface area contributed by atoms with E-state index in [9.17, 15) is 0 Å². The zero-order valence-electron chi connectivity index (χ0n) is 12.5. The number of rotatable bonds is 2. The lowest BCUT2D eigenvalue weighted by Gasteiger charge is -2.35. The molecule has 2 heteroatoms. The third kappa shape index (κ3) is 2.21. The number of hydrogen-bond donors (Lipinski definition) is 2. The molecule has 3 aliphatic carbocycles. The van der Waals surface area contributed by atoms with E-state index in [4.69, 9.17) is 11.5 Å². The summed E-state index contributed by atoms with van der Waals surface area (Å²) >= 11 is 0. The number of fused-ring (bicyclic) bond motifs is 1. The van der Waals surface area contributed by atoms with Crippen LogP contribution in [-0.4, -0.2) is 0 Å². The first kappa shape index (κ1) is 13.2. The maximum Gasteiger partial charge on any atom is 0.0314 e. The molecule has 110 valence electrons. The van der Waals surface area contributed by atoms with Gasteiger partial charge < -0.3 is 11.5 Å². The summed E-state index contributed by atoms with van der Waals surface area (Å²) in [6, 6.07) is 16.5. The van der Waals surface area contributed by atoms with Crippen molar-refractivity contribution in [2.24, 2.45) is 11.8 Å². The van der Waals surface area contributed by atoms with Gasteiger partial charge in [-0.15, -0.1) is 0 Å². The van der Waals surface area contributed by atoms with Gasteiger partial charge in [0.25, 0.3) is 0 Å². The van der Waals surface area contributed by atoms with Crippen LogP contribution in [0.5, 0.6) is 0 Å². The Morgan fingerprint density at radius 3 is 1.27 bits per heavy atom. The molecule has 0 spiro atoms. The van der Waals surface area contributed by atoms with Gasteiger partial charge >= 0.3 is 0 Å². The van der Waals surface area contributed by atoms with Crippen LogP contribution in [0.4, 0.5) is 11.4 Å². The van der Waals surface area contributed by atoms with E-state index < -0.39 is 0 Å². The molecule has 0 heterocycles. The zero-order chi connectivity index (χ0) is 15.1. The van der Waals surface area contributed by atoms with Crippen LogP contribution in [0.1, 0.15) is 24.0 Å². The van der Waals surface area contributed by atoms with Crippen molar-refractivity contribution in [2.45, 2.75) is 12.8 Å². The largest absolute Gasteiger partial charge is 0.399 e. The van der Waals surface area contributed by atoms with Crippen LogP contribution in [-0.2, 0) is 0 Å². The van der Waals surface area contributed by atoms with Crippen molar-refractivity contribution in [3.8, 4) is 0 Å². The molecule has 2 unspecified atom stereocenters. The van der Waals surface area contributed by atoms with E-state index >= 15 is 0 Å². The molecule has 2 atom stereocenters. The summed E-state index contributed by atoms with van der Waals surface area (Å²) in [5.74, 6) is 1.03. The highest BCUT2D eigenvalue weighted by atomic mass is 14.5. The van der Waals surface area contributed by atoms with Crippen molar-refractivity contribution in [1.29, 1.82) is 0 Å². The topological polar surface area (TPSA) is 52.0 Å². The van der Waals surface area contributed by atoms with Crippen molar-refractivity contribution in [3.05, 3.63) is 71.8 Å². The summed E-state index contributed by atoms with van der Waals surface area (Å²) in [5, 5.41) is 0. The Morgan fingerprint density at radius 1 is 0.591 bits per heavy atom. The van der Waals surface area contributed by atoms with Gasteiger partial charge in [0.1, 0.15) is 0 Å². The van der Waals surface area contributed by atoms with E-state index in [-0.39, 0.29) is 0 Å². The zero-order valence-corrected chi connectivity index (χ0v) is 12.5. The Morgan fingerprint density at radius 2 is 0.955 bits per heavy atom. The van der Waals surface area contributed by atoms with Crippen molar-refractivity contribution in [3.63, 3.8) is 0 Å².